The average molecular weight is 941 g/mol. The van der Waals surface area contributed by atoms with Gasteiger partial charge >= 0.3 is 0 Å². The van der Waals surface area contributed by atoms with Gasteiger partial charge in [0.25, 0.3) is 0 Å². The third kappa shape index (κ3) is 36.4. The number of rotatable bonds is 24. The maximum atomic E-state index is 12.8. The molecule has 18 nitrogen and oxygen atoms in total. The van der Waals surface area contributed by atoms with Crippen LogP contribution in [0.5, 0.6) is 0 Å². The molecule has 10 N–H and O–H groups in total. The number of carbonyl (C=O) groups is 8. The van der Waals surface area contributed by atoms with Crippen molar-refractivity contribution in [2.75, 3.05) is 39.8 Å². The molecule has 66 heavy (non-hydrogen) atoms. The first-order valence-corrected chi connectivity index (χ1v) is 22.8. The highest BCUT2D eigenvalue weighted by Gasteiger charge is 2.41. The summed E-state index contributed by atoms with van der Waals surface area (Å²) in [6.45, 7) is 25.2. The van der Waals surface area contributed by atoms with Gasteiger partial charge in [0.05, 0.1) is 31.3 Å². The SMILES string of the molecule is CC.CC.CC(C)(C)C(C)(C)C(=O)NC(CCC(=O)NCC(O)C(O)C(O)CCO)C(=O)NCC=O.CCC(C)C.CCNC(=O)CNC(=O)C(Cc1ccccc1)NC.O=C/C=C\C=O. The van der Waals surface area contributed by atoms with E-state index in [1.807, 2.05) is 85.7 Å². The number of amides is 5. The van der Waals surface area contributed by atoms with Crippen molar-refractivity contribution in [3.05, 3.63) is 48.0 Å². The van der Waals surface area contributed by atoms with Gasteiger partial charge in [-0.15, -0.1) is 0 Å². The molecule has 5 amide bonds. The Morgan fingerprint density at radius 2 is 1.23 bits per heavy atom. The number of aliphatic hydroxyl groups excluding tert-OH is 4. The highest BCUT2D eigenvalue weighted by molar-refractivity contribution is 5.91. The molecule has 0 spiro atoms. The summed E-state index contributed by atoms with van der Waals surface area (Å²) >= 11 is 0. The topological polar surface area (TPSA) is 290 Å². The first-order valence-electron chi connectivity index (χ1n) is 22.8. The van der Waals surface area contributed by atoms with E-state index in [0.29, 0.717) is 31.8 Å². The summed E-state index contributed by atoms with van der Waals surface area (Å²) in [6, 6.07) is 8.37. The zero-order valence-corrected chi connectivity index (χ0v) is 42.4. The molecular formula is C48H88N6O12. The second-order valence-electron chi connectivity index (χ2n) is 16.0. The van der Waals surface area contributed by atoms with E-state index in [4.69, 9.17) is 5.11 Å². The summed E-state index contributed by atoms with van der Waals surface area (Å²) in [5.41, 5.74) is -0.153. The molecule has 5 atom stereocenters. The van der Waals surface area contributed by atoms with E-state index in [9.17, 15) is 53.7 Å². The zero-order valence-electron chi connectivity index (χ0n) is 42.4. The minimum absolute atomic E-state index is 0.0135. The molecule has 0 aliphatic carbocycles. The van der Waals surface area contributed by atoms with Crippen LogP contribution in [0.25, 0.3) is 0 Å². The molecule has 382 valence electrons. The maximum absolute atomic E-state index is 12.8. The van der Waals surface area contributed by atoms with Crippen LogP contribution in [0.15, 0.2) is 42.5 Å². The Balaban J connectivity index is -0.000000304. The van der Waals surface area contributed by atoms with Crippen LogP contribution in [0, 0.1) is 16.7 Å². The van der Waals surface area contributed by atoms with Gasteiger partial charge < -0.3 is 57.1 Å². The largest absolute Gasteiger partial charge is 0.396 e. The predicted molar refractivity (Wildman–Crippen MR) is 260 cm³/mol. The van der Waals surface area contributed by atoms with Crippen molar-refractivity contribution in [1.82, 2.24) is 31.9 Å². The summed E-state index contributed by atoms with van der Waals surface area (Å²) in [7, 11) is 1.74. The minimum Gasteiger partial charge on any atom is -0.396 e. The van der Waals surface area contributed by atoms with Crippen molar-refractivity contribution in [1.29, 1.82) is 0 Å². The number of nitrogens with one attached hydrogen (secondary N) is 6. The number of likely N-dealkylation sites (N-methyl/N-ethyl adjacent to an activating group) is 2. The predicted octanol–water partition coefficient (Wildman–Crippen LogP) is 2.33. The molecule has 0 fully saturated rings. The lowest BCUT2D eigenvalue weighted by molar-refractivity contribution is -0.139. The van der Waals surface area contributed by atoms with Gasteiger partial charge in [-0.3, -0.25) is 33.6 Å². The van der Waals surface area contributed by atoms with Crippen LogP contribution in [0.2, 0.25) is 0 Å². The van der Waals surface area contributed by atoms with Gasteiger partial charge in [-0.2, -0.15) is 0 Å². The van der Waals surface area contributed by atoms with Crippen LogP contribution in [-0.2, 0) is 44.8 Å². The Bertz CT molecular complexity index is 1460. The van der Waals surface area contributed by atoms with Gasteiger partial charge in [-0.05, 0) is 62.3 Å². The van der Waals surface area contributed by atoms with Gasteiger partial charge in [0, 0.05) is 31.5 Å². The van der Waals surface area contributed by atoms with Crippen LogP contribution in [0.1, 0.15) is 121 Å². The molecule has 0 heterocycles. The van der Waals surface area contributed by atoms with E-state index in [0.717, 1.165) is 23.6 Å². The highest BCUT2D eigenvalue weighted by atomic mass is 16.4. The molecule has 18 heteroatoms. The van der Waals surface area contributed by atoms with Gasteiger partial charge in [-0.25, -0.2) is 0 Å². The fourth-order valence-electron chi connectivity index (χ4n) is 4.29. The first-order chi connectivity index (χ1) is 31.0. The number of hydrogen-bond acceptors (Lipinski definition) is 13. The standard InChI is InChI=1S/C21H39N3O8.C14H21N3O2.C5H12.C4H4O2.2C2H6/c1-20(2,3)21(4,5)19(32)24-13(18(31)22-9-11-26)6-7-16(29)23-12-15(28)17(30)14(27)8-10-25;1-3-16-13(18)10-17-14(19)12(15-2)9-11-7-5-4-6-8-11;1-4-5(2)3;5-3-1-2-4-6;2*1-2/h11,13-15,17,25,27-28,30H,6-10,12H2,1-5H3,(H,22,31)(H,23,29)(H,24,32);4-8,12,15H,3,9-10H2,1-2H3,(H,16,18)(H,17,19);5H,4H2,1-3H3;1-4H;2*1-2H3/b;;;2-1-;;. The van der Waals surface area contributed by atoms with Crippen molar-refractivity contribution in [2.45, 2.75) is 153 Å². The molecule has 1 aromatic carbocycles. The molecule has 5 unspecified atom stereocenters. The normalized spacial score (nSPS) is 12.7. The van der Waals surface area contributed by atoms with Crippen LogP contribution in [-0.4, -0.2) is 139 Å². The molecule has 0 radical (unpaired) electrons. The molecular weight excluding hydrogens is 853 g/mol. The third-order valence-corrected chi connectivity index (χ3v) is 9.64. The Morgan fingerprint density at radius 1 is 0.712 bits per heavy atom. The summed E-state index contributed by atoms with van der Waals surface area (Å²) in [5.74, 6) is -0.998. The van der Waals surface area contributed by atoms with E-state index < -0.39 is 47.0 Å². The Kier molecular flexibility index (Phi) is 46.7. The zero-order chi connectivity index (χ0) is 52.3. The summed E-state index contributed by atoms with van der Waals surface area (Å²) in [6.07, 6.45) is 1.03. The smallest absolute Gasteiger partial charge is 0.242 e. The second kappa shape index (κ2) is 44.0. The van der Waals surface area contributed by atoms with Crippen LogP contribution in [0.3, 0.4) is 0 Å². The number of aliphatic hydroxyl groups is 4. The van der Waals surface area contributed by atoms with Crippen LogP contribution < -0.4 is 31.9 Å². The van der Waals surface area contributed by atoms with Gasteiger partial charge in [0.15, 0.2) is 0 Å². The molecule has 0 saturated heterocycles. The fraction of sp³-hybridized carbons (Fsp3) is 0.667. The van der Waals surface area contributed by atoms with E-state index in [-0.39, 0.29) is 69.3 Å². The summed E-state index contributed by atoms with van der Waals surface area (Å²) in [4.78, 5) is 89.7. The van der Waals surface area contributed by atoms with Gasteiger partial charge in [-0.1, -0.05) is 120 Å². The number of allylic oxidation sites excluding steroid dienone is 2. The van der Waals surface area contributed by atoms with E-state index >= 15 is 0 Å². The Labute approximate surface area is 395 Å². The molecule has 1 rings (SSSR count). The average Bonchev–Trinajstić information content (AvgIpc) is 3.30. The van der Waals surface area contributed by atoms with Crippen LogP contribution in [0.4, 0.5) is 0 Å². The summed E-state index contributed by atoms with van der Waals surface area (Å²) in [5, 5.41) is 53.6. The lowest BCUT2D eigenvalue weighted by atomic mass is 9.68. The van der Waals surface area contributed by atoms with Crippen molar-refractivity contribution in [2.24, 2.45) is 16.7 Å². The molecule has 0 aliphatic heterocycles. The Hall–Kier alpha value is -4.88. The lowest BCUT2D eigenvalue weighted by Crippen LogP contribution is -2.53. The van der Waals surface area contributed by atoms with Gasteiger partial charge in [0.1, 0.15) is 31.0 Å². The van der Waals surface area contributed by atoms with Crippen molar-refractivity contribution in [3.63, 3.8) is 0 Å². The van der Waals surface area contributed by atoms with E-state index in [2.05, 4.69) is 52.7 Å². The second-order valence-corrected chi connectivity index (χ2v) is 16.0. The van der Waals surface area contributed by atoms with E-state index in [1.54, 1.807) is 20.9 Å². The van der Waals surface area contributed by atoms with E-state index in [1.165, 1.54) is 6.42 Å². The number of benzene rings is 1. The lowest BCUT2D eigenvalue weighted by Gasteiger charge is -2.38. The summed E-state index contributed by atoms with van der Waals surface area (Å²) < 4.78 is 0. The Morgan fingerprint density at radius 3 is 1.65 bits per heavy atom. The van der Waals surface area contributed by atoms with Crippen LogP contribution >= 0.6 is 0 Å². The van der Waals surface area contributed by atoms with Crippen molar-refractivity contribution < 1.29 is 58.8 Å². The quantitative estimate of drug-likeness (QED) is 0.0527. The highest BCUT2D eigenvalue weighted by Crippen LogP contribution is 2.38. The number of carbonyl (C=O) groups excluding carboxylic acids is 8. The molecule has 0 aliphatic rings. The van der Waals surface area contributed by atoms with Crippen molar-refractivity contribution in [3.8, 4) is 0 Å². The fourth-order valence-corrected chi connectivity index (χ4v) is 4.29. The minimum atomic E-state index is -1.55. The number of aldehydes is 3. The van der Waals surface area contributed by atoms with Crippen molar-refractivity contribution >= 4 is 48.4 Å². The molecule has 0 aromatic heterocycles. The third-order valence-electron chi connectivity index (χ3n) is 9.64. The van der Waals surface area contributed by atoms with Gasteiger partial charge in [0.2, 0.25) is 29.5 Å². The first kappa shape index (κ1) is 70.1. The molecule has 0 saturated carbocycles. The molecule has 1 aromatic rings. The number of hydrogen-bond donors (Lipinski definition) is 10. The monoisotopic (exact) mass is 941 g/mol. The molecule has 0 bridgehead atoms. The maximum Gasteiger partial charge on any atom is 0.242 e.